The highest BCUT2D eigenvalue weighted by atomic mass is 16.5. The smallest absolute Gasteiger partial charge is 0.330 e. The molecule has 0 unspecified atom stereocenters. The van der Waals surface area contributed by atoms with Gasteiger partial charge in [0.2, 0.25) is 0 Å². The molecule has 5 heteroatoms. The van der Waals surface area contributed by atoms with Crippen molar-refractivity contribution in [2.75, 3.05) is 6.61 Å². The zero-order valence-corrected chi connectivity index (χ0v) is 19.6. The number of para-hydroxylation sites is 1. The van der Waals surface area contributed by atoms with Gasteiger partial charge in [-0.1, -0.05) is 78.9 Å². The van der Waals surface area contributed by atoms with Crippen LogP contribution in [0.25, 0.3) is 17.0 Å². The minimum absolute atomic E-state index is 0.308. The Morgan fingerprint density at radius 3 is 2.49 bits per heavy atom. The molecule has 0 atom stereocenters. The van der Waals surface area contributed by atoms with Gasteiger partial charge in [-0.25, -0.2) is 9.78 Å². The Bertz CT molecular complexity index is 1330. The van der Waals surface area contributed by atoms with Crippen LogP contribution in [-0.2, 0) is 22.7 Å². The fourth-order valence-corrected chi connectivity index (χ4v) is 3.43. The number of pyridine rings is 1. The minimum atomic E-state index is -0.367. The molecular weight excluding hydrogens is 438 g/mol. The Hall–Kier alpha value is -4.38. The lowest BCUT2D eigenvalue weighted by molar-refractivity contribution is -0.137. The Morgan fingerprint density at radius 1 is 0.829 bits per heavy atom. The van der Waals surface area contributed by atoms with Crippen molar-refractivity contribution in [2.24, 2.45) is 0 Å². The molecule has 0 saturated heterocycles. The van der Waals surface area contributed by atoms with Crippen LogP contribution in [0.3, 0.4) is 0 Å². The third-order valence-corrected chi connectivity index (χ3v) is 5.16. The number of ether oxygens (including phenoxy) is 3. The highest BCUT2D eigenvalue weighted by molar-refractivity contribution is 5.82. The van der Waals surface area contributed by atoms with Crippen molar-refractivity contribution in [3.8, 4) is 11.5 Å². The molecule has 5 nitrogen and oxygen atoms in total. The van der Waals surface area contributed by atoms with Gasteiger partial charge < -0.3 is 14.2 Å². The minimum Gasteiger partial charge on any atom is -0.485 e. The van der Waals surface area contributed by atoms with Gasteiger partial charge in [-0.2, -0.15) is 0 Å². The molecule has 4 aromatic rings. The molecule has 1 heterocycles. The van der Waals surface area contributed by atoms with E-state index < -0.39 is 0 Å². The van der Waals surface area contributed by atoms with Gasteiger partial charge in [0.15, 0.2) is 11.5 Å². The highest BCUT2D eigenvalue weighted by Gasteiger charge is 2.08. The molecule has 0 aliphatic rings. The van der Waals surface area contributed by atoms with Crippen molar-refractivity contribution >= 4 is 22.9 Å². The van der Waals surface area contributed by atoms with Gasteiger partial charge in [-0.3, -0.25) is 0 Å². The van der Waals surface area contributed by atoms with E-state index in [9.17, 15) is 4.79 Å². The molecule has 0 fully saturated rings. The molecule has 0 amide bonds. The number of carbonyl (C=O) groups is 1. The van der Waals surface area contributed by atoms with Crippen LogP contribution >= 0.6 is 0 Å². The average Bonchev–Trinajstić information content (AvgIpc) is 2.90. The number of hydrogen-bond acceptors (Lipinski definition) is 5. The fourth-order valence-electron chi connectivity index (χ4n) is 3.43. The maximum atomic E-state index is 11.5. The Labute approximate surface area is 205 Å². The third-order valence-electron chi connectivity index (χ3n) is 5.16. The lowest BCUT2D eigenvalue weighted by Gasteiger charge is -2.14. The summed E-state index contributed by atoms with van der Waals surface area (Å²) in [6.07, 6.45) is 6.71. The molecule has 1 aromatic heterocycles. The summed E-state index contributed by atoms with van der Waals surface area (Å²) in [5, 5.41) is 1.09. The molecule has 3 aromatic carbocycles. The molecule has 0 aliphatic carbocycles. The zero-order valence-electron chi connectivity index (χ0n) is 19.6. The number of esters is 1. The monoisotopic (exact) mass is 465 g/mol. The van der Waals surface area contributed by atoms with Crippen LogP contribution in [0.4, 0.5) is 0 Å². The zero-order chi connectivity index (χ0) is 24.3. The van der Waals surface area contributed by atoms with E-state index in [1.54, 1.807) is 19.1 Å². The molecule has 35 heavy (non-hydrogen) atoms. The van der Waals surface area contributed by atoms with Gasteiger partial charge in [-0.15, -0.1) is 0 Å². The second-order valence-corrected chi connectivity index (χ2v) is 7.73. The molecule has 0 bridgehead atoms. The highest BCUT2D eigenvalue weighted by Crippen LogP contribution is 2.30. The van der Waals surface area contributed by atoms with Gasteiger partial charge in [0, 0.05) is 11.5 Å². The predicted molar refractivity (Wildman–Crippen MR) is 138 cm³/mol. The van der Waals surface area contributed by atoms with Crippen LogP contribution in [-0.4, -0.2) is 17.6 Å². The van der Waals surface area contributed by atoms with E-state index in [1.165, 1.54) is 6.08 Å². The largest absolute Gasteiger partial charge is 0.485 e. The summed E-state index contributed by atoms with van der Waals surface area (Å²) in [7, 11) is 0. The van der Waals surface area contributed by atoms with Crippen LogP contribution in [0.5, 0.6) is 11.5 Å². The number of nitrogens with zero attached hydrogens (tertiary/aromatic N) is 1. The summed E-state index contributed by atoms with van der Waals surface area (Å²) in [5.41, 5.74) is 3.74. The summed E-state index contributed by atoms with van der Waals surface area (Å²) in [6.45, 7) is 2.87. The lowest BCUT2D eigenvalue weighted by atomic mass is 10.1. The topological polar surface area (TPSA) is 57.7 Å². The van der Waals surface area contributed by atoms with Crippen molar-refractivity contribution in [1.29, 1.82) is 0 Å². The quantitative estimate of drug-likeness (QED) is 0.151. The molecule has 0 aliphatic heterocycles. The van der Waals surface area contributed by atoms with E-state index in [0.29, 0.717) is 31.3 Å². The Balaban J connectivity index is 1.51. The summed E-state index contributed by atoms with van der Waals surface area (Å²) < 4.78 is 17.1. The van der Waals surface area contributed by atoms with Crippen molar-refractivity contribution in [3.05, 3.63) is 120 Å². The van der Waals surface area contributed by atoms with E-state index in [0.717, 1.165) is 27.7 Å². The number of fused-ring (bicyclic) bond motifs is 1. The standard InChI is InChI=1S/C30H27NO4/c1-2-33-30(32)15-9-6-10-23-16-19-28(34-21-24-11-4-3-5-12-24)29(20-23)35-22-26-18-17-25-13-7-8-14-27(25)31-26/h3-20H,2,21-22H2,1H3/b10-6+,15-9+. The fraction of sp³-hybridized carbons (Fsp3) is 0.133. The predicted octanol–water partition coefficient (Wildman–Crippen LogP) is 6.53. The summed E-state index contributed by atoms with van der Waals surface area (Å²) in [6, 6.07) is 27.7. The summed E-state index contributed by atoms with van der Waals surface area (Å²) in [5.74, 6) is 0.898. The van der Waals surface area contributed by atoms with E-state index >= 15 is 0 Å². The van der Waals surface area contributed by atoms with Crippen LogP contribution in [0.15, 0.2) is 103 Å². The summed E-state index contributed by atoms with van der Waals surface area (Å²) in [4.78, 5) is 16.2. The van der Waals surface area contributed by atoms with E-state index in [4.69, 9.17) is 19.2 Å². The second-order valence-electron chi connectivity index (χ2n) is 7.73. The molecule has 4 rings (SSSR count). The van der Waals surface area contributed by atoms with Crippen molar-refractivity contribution < 1.29 is 19.0 Å². The Morgan fingerprint density at radius 2 is 1.63 bits per heavy atom. The maximum absolute atomic E-state index is 11.5. The van der Waals surface area contributed by atoms with E-state index in [2.05, 4.69) is 0 Å². The number of carbonyl (C=O) groups excluding carboxylic acids is 1. The maximum Gasteiger partial charge on any atom is 0.330 e. The van der Waals surface area contributed by atoms with Crippen molar-refractivity contribution in [2.45, 2.75) is 20.1 Å². The third kappa shape index (κ3) is 7.05. The van der Waals surface area contributed by atoms with Crippen LogP contribution < -0.4 is 9.47 Å². The van der Waals surface area contributed by atoms with Gasteiger partial charge in [-0.05, 0) is 42.3 Å². The number of allylic oxidation sites excluding steroid dienone is 2. The SMILES string of the molecule is CCOC(=O)/C=C/C=C/c1ccc(OCc2ccccc2)c(OCc2ccc3ccccc3n2)c1. The number of hydrogen-bond donors (Lipinski definition) is 0. The number of benzene rings is 3. The van der Waals surface area contributed by atoms with Gasteiger partial charge >= 0.3 is 5.97 Å². The van der Waals surface area contributed by atoms with Gasteiger partial charge in [0.25, 0.3) is 0 Å². The van der Waals surface area contributed by atoms with E-state index in [-0.39, 0.29) is 5.97 Å². The van der Waals surface area contributed by atoms with Crippen molar-refractivity contribution in [3.63, 3.8) is 0 Å². The first-order valence-electron chi connectivity index (χ1n) is 11.5. The average molecular weight is 466 g/mol. The molecular formula is C30H27NO4. The normalized spacial score (nSPS) is 11.2. The second kappa shape index (κ2) is 12.2. The first-order chi connectivity index (χ1) is 17.2. The number of aromatic nitrogens is 1. The van der Waals surface area contributed by atoms with Crippen LogP contribution in [0.2, 0.25) is 0 Å². The van der Waals surface area contributed by atoms with Crippen molar-refractivity contribution in [1.82, 2.24) is 4.98 Å². The van der Waals surface area contributed by atoms with Crippen LogP contribution in [0, 0.1) is 0 Å². The molecule has 0 radical (unpaired) electrons. The number of rotatable bonds is 10. The van der Waals surface area contributed by atoms with Gasteiger partial charge in [0.05, 0.1) is 17.8 Å². The molecule has 0 N–H and O–H groups in total. The molecule has 176 valence electrons. The summed E-state index contributed by atoms with van der Waals surface area (Å²) >= 11 is 0. The Kier molecular flexibility index (Phi) is 8.28. The molecule has 0 spiro atoms. The molecule has 0 saturated carbocycles. The lowest BCUT2D eigenvalue weighted by Crippen LogP contribution is -2.02. The first kappa shape index (κ1) is 23.8. The van der Waals surface area contributed by atoms with E-state index in [1.807, 2.05) is 91.0 Å². The van der Waals surface area contributed by atoms with Crippen LogP contribution in [0.1, 0.15) is 23.7 Å². The van der Waals surface area contributed by atoms with Gasteiger partial charge in [0.1, 0.15) is 13.2 Å². The first-order valence-corrected chi connectivity index (χ1v) is 11.5.